The average molecular weight is 343 g/mol. The van der Waals surface area contributed by atoms with Gasteiger partial charge in [-0.25, -0.2) is 9.59 Å². The molecule has 0 aliphatic rings. The van der Waals surface area contributed by atoms with Crippen LogP contribution in [0.1, 0.15) is 16.1 Å². The number of furan rings is 1. The molecule has 0 amide bonds. The summed E-state index contributed by atoms with van der Waals surface area (Å²) in [5.74, 6) is -4.85. The van der Waals surface area contributed by atoms with Gasteiger partial charge >= 0.3 is 17.7 Å². The van der Waals surface area contributed by atoms with Gasteiger partial charge in [-0.1, -0.05) is 18.2 Å². The minimum absolute atomic E-state index is 0.0701. The third kappa shape index (κ3) is 4.41. The van der Waals surface area contributed by atoms with Crippen molar-refractivity contribution in [3.05, 3.63) is 60.2 Å². The van der Waals surface area contributed by atoms with E-state index in [0.29, 0.717) is 0 Å². The molecular weight excluding hydrogens is 330 g/mol. The Morgan fingerprint density at radius 1 is 0.960 bits per heavy atom. The number of carbonyl (C=O) groups excluding carboxylic acids is 2. The summed E-state index contributed by atoms with van der Waals surface area (Å²) in [6.07, 6.45) is 2.85. The molecule has 0 bridgehead atoms. The van der Waals surface area contributed by atoms with Crippen molar-refractivity contribution < 1.29 is 33.8 Å². The maximum absolute atomic E-state index is 11.0. The summed E-state index contributed by atoms with van der Waals surface area (Å²) in [6.45, 7) is 0. The molecule has 0 aliphatic heterocycles. The molecule has 2 heterocycles. The first-order valence-electron chi connectivity index (χ1n) is 7.02. The fraction of sp³-hybridized carbons (Fsp3) is 0.0588. The molecule has 25 heavy (non-hydrogen) atoms. The highest BCUT2D eigenvalue weighted by atomic mass is 16.4. The standard InChI is InChI=1S/C11H9NO3.C6H4O4/c13-10(11(14)15)5-7-6-12-9-4-2-1-3-8(7)9;7-5(6(8)9)4-2-1-3-10-4/h1-4,6,12H,5H2,(H,14,15);1-3H,(H,8,9). The Hall–Kier alpha value is -3.68. The number of hydrogen-bond donors (Lipinski definition) is 3. The van der Waals surface area contributed by atoms with E-state index in [4.69, 9.17) is 10.2 Å². The zero-order chi connectivity index (χ0) is 18.4. The van der Waals surface area contributed by atoms with Crippen molar-refractivity contribution in [1.82, 2.24) is 4.98 Å². The summed E-state index contributed by atoms with van der Waals surface area (Å²) in [5.41, 5.74) is 1.63. The van der Waals surface area contributed by atoms with Gasteiger partial charge in [-0.05, 0) is 23.8 Å². The molecule has 3 N–H and O–H groups in total. The molecule has 3 aromatic rings. The van der Waals surface area contributed by atoms with E-state index >= 15 is 0 Å². The molecule has 8 nitrogen and oxygen atoms in total. The minimum Gasteiger partial charge on any atom is -0.475 e. The summed E-state index contributed by atoms with van der Waals surface area (Å²) >= 11 is 0. The molecular formula is C17H13NO7. The Balaban J connectivity index is 0.000000196. The summed E-state index contributed by atoms with van der Waals surface area (Å²) in [7, 11) is 0. The van der Waals surface area contributed by atoms with Gasteiger partial charge in [-0.2, -0.15) is 0 Å². The van der Waals surface area contributed by atoms with Crippen LogP contribution in [0.15, 0.2) is 53.3 Å². The van der Waals surface area contributed by atoms with E-state index in [9.17, 15) is 19.2 Å². The molecule has 0 fully saturated rings. The first kappa shape index (κ1) is 17.7. The van der Waals surface area contributed by atoms with E-state index in [-0.39, 0.29) is 12.2 Å². The van der Waals surface area contributed by atoms with Crippen LogP contribution in [0, 0.1) is 0 Å². The summed E-state index contributed by atoms with van der Waals surface area (Å²) in [4.78, 5) is 44.9. The van der Waals surface area contributed by atoms with Crippen molar-refractivity contribution in [2.24, 2.45) is 0 Å². The molecule has 2 aromatic heterocycles. The number of aromatic amines is 1. The van der Waals surface area contributed by atoms with Crippen LogP contribution in [0.4, 0.5) is 0 Å². The largest absolute Gasteiger partial charge is 0.475 e. The Bertz CT molecular complexity index is 922. The van der Waals surface area contributed by atoms with E-state index in [1.54, 1.807) is 6.20 Å². The van der Waals surface area contributed by atoms with Crippen LogP contribution in [-0.4, -0.2) is 38.7 Å². The van der Waals surface area contributed by atoms with Crippen molar-refractivity contribution in [3.8, 4) is 0 Å². The number of fused-ring (bicyclic) bond motifs is 1. The molecule has 0 saturated heterocycles. The third-order valence-corrected chi connectivity index (χ3v) is 3.20. The van der Waals surface area contributed by atoms with Crippen LogP contribution in [-0.2, 0) is 20.8 Å². The second-order valence-corrected chi connectivity index (χ2v) is 4.88. The highest BCUT2D eigenvalue weighted by molar-refractivity contribution is 6.38. The van der Waals surface area contributed by atoms with Crippen LogP contribution in [0.5, 0.6) is 0 Å². The molecule has 0 spiro atoms. The number of carboxylic acid groups (broad SMARTS) is 2. The molecule has 8 heteroatoms. The zero-order valence-corrected chi connectivity index (χ0v) is 12.8. The first-order chi connectivity index (χ1) is 11.9. The Morgan fingerprint density at radius 3 is 2.28 bits per heavy atom. The van der Waals surface area contributed by atoms with E-state index < -0.39 is 23.5 Å². The summed E-state index contributed by atoms with van der Waals surface area (Å²) in [6, 6.07) is 10.2. The smallest absolute Gasteiger partial charge is 0.380 e. The number of para-hydroxylation sites is 1. The SMILES string of the molecule is O=C(O)C(=O)Cc1c[nH]c2ccccc12.O=C(O)C(=O)c1ccco1. The van der Waals surface area contributed by atoms with E-state index in [0.717, 1.165) is 16.5 Å². The Kier molecular flexibility index (Phi) is 5.47. The number of carboxylic acids is 2. The van der Waals surface area contributed by atoms with Crippen molar-refractivity contribution in [1.29, 1.82) is 0 Å². The van der Waals surface area contributed by atoms with Crippen LogP contribution in [0.2, 0.25) is 0 Å². The molecule has 1 aromatic carbocycles. The summed E-state index contributed by atoms with van der Waals surface area (Å²) in [5, 5.41) is 17.5. The number of benzene rings is 1. The predicted molar refractivity (Wildman–Crippen MR) is 85.3 cm³/mol. The fourth-order valence-corrected chi connectivity index (χ4v) is 2.04. The Labute approximate surface area is 140 Å². The Morgan fingerprint density at radius 2 is 1.68 bits per heavy atom. The molecule has 0 saturated carbocycles. The van der Waals surface area contributed by atoms with Gasteiger partial charge in [-0.3, -0.25) is 9.59 Å². The van der Waals surface area contributed by atoms with Crippen LogP contribution < -0.4 is 0 Å². The molecule has 0 unspecified atom stereocenters. The van der Waals surface area contributed by atoms with E-state index in [1.165, 1.54) is 18.4 Å². The lowest BCUT2D eigenvalue weighted by atomic mass is 10.1. The zero-order valence-electron chi connectivity index (χ0n) is 12.8. The van der Waals surface area contributed by atoms with Gasteiger partial charge in [0, 0.05) is 23.5 Å². The number of hydrogen-bond acceptors (Lipinski definition) is 5. The molecule has 0 radical (unpaired) electrons. The second kappa shape index (κ2) is 7.73. The topological polar surface area (TPSA) is 138 Å². The minimum atomic E-state index is -1.50. The van der Waals surface area contributed by atoms with Crippen LogP contribution >= 0.6 is 0 Å². The predicted octanol–water partition coefficient (Wildman–Crippen LogP) is 1.91. The summed E-state index contributed by atoms with van der Waals surface area (Å²) < 4.78 is 4.53. The monoisotopic (exact) mass is 343 g/mol. The maximum atomic E-state index is 11.0. The number of nitrogens with one attached hydrogen (secondary N) is 1. The molecule has 3 rings (SSSR count). The van der Waals surface area contributed by atoms with E-state index in [1.807, 2.05) is 24.3 Å². The number of aromatic nitrogens is 1. The van der Waals surface area contributed by atoms with Gasteiger partial charge in [-0.15, -0.1) is 0 Å². The lowest BCUT2D eigenvalue weighted by molar-refractivity contribution is -0.148. The van der Waals surface area contributed by atoms with Gasteiger partial charge in [0.2, 0.25) is 5.78 Å². The van der Waals surface area contributed by atoms with Gasteiger partial charge in [0.25, 0.3) is 0 Å². The average Bonchev–Trinajstić information content (AvgIpc) is 3.25. The van der Waals surface area contributed by atoms with Gasteiger partial charge in [0.05, 0.1) is 6.26 Å². The van der Waals surface area contributed by atoms with Crippen molar-refractivity contribution >= 4 is 34.4 Å². The number of carbonyl (C=O) groups is 4. The van der Waals surface area contributed by atoms with E-state index in [2.05, 4.69) is 9.40 Å². The molecule has 128 valence electrons. The first-order valence-corrected chi connectivity index (χ1v) is 7.02. The molecule has 0 aliphatic carbocycles. The normalized spacial score (nSPS) is 9.92. The van der Waals surface area contributed by atoms with Crippen molar-refractivity contribution in [2.45, 2.75) is 6.42 Å². The van der Waals surface area contributed by atoms with Gasteiger partial charge in [0.1, 0.15) is 0 Å². The molecule has 0 atom stereocenters. The van der Waals surface area contributed by atoms with Gasteiger partial charge < -0.3 is 19.6 Å². The third-order valence-electron chi connectivity index (χ3n) is 3.20. The quantitative estimate of drug-likeness (QED) is 0.475. The van der Waals surface area contributed by atoms with Crippen molar-refractivity contribution in [3.63, 3.8) is 0 Å². The maximum Gasteiger partial charge on any atom is 0.380 e. The number of H-pyrrole nitrogens is 1. The van der Waals surface area contributed by atoms with Crippen LogP contribution in [0.25, 0.3) is 10.9 Å². The highest BCUT2D eigenvalue weighted by Crippen LogP contribution is 2.18. The number of Topliss-reactive ketones (excluding diaryl/α,β-unsaturated/α-hetero) is 2. The lowest BCUT2D eigenvalue weighted by Crippen LogP contribution is -2.14. The highest BCUT2D eigenvalue weighted by Gasteiger charge is 2.16. The lowest BCUT2D eigenvalue weighted by Gasteiger charge is -1.94. The number of rotatable bonds is 5. The number of aliphatic carboxylic acids is 2. The number of ketones is 2. The van der Waals surface area contributed by atoms with Gasteiger partial charge in [0.15, 0.2) is 5.76 Å². The van der Waals surface area contributed by atoms with Crippen molar-refractivity contribution in [2.75, 3.05) is 0 Å². The fourth-order valence-electron chi connectivity index (χ4n) is 2.04. The second-order valence-electron chi connectivity index (χ2n) is 4.88. The van der Waals surface area contributed by atoms with Crippen LogP contribution in [0.3, 0.4) is 0 Å².